The van der Waals surface area contributed by atoms with Crippen molar-refractivity contribution in [2.24, 2.45) is 5.41 Å². The number of fused-ring (bicyclic) bond motifs is 1. The molecule has 2 N–H and O–H groups in total. The fraction of sp³-hybridized carbons (Fsp3) is 0.619. The molecule has 1 aliphatic heterocycles. The van der Waals surface area contributed by atoms with Crippen molar-refractivity contribution in [1.82, 2.24) is 20.0 Å². The molecule has 148 valence electrons. The molecular weight excluding hydrogens is 340 g/mol. The number of benzene rings is 1. The van der Waals surface area contributed by atoms with Crippen LogP contribution in [0.25, 0.3) is 10.9 Å². The second kappa shape index (κ2) is 7.98. The van der Waals surface area contributed by atoms with Gasteiger partial charge >= 0.3 is 0 Å². The highest BCUT2D eigenvalue weighted by Crippen LogP contribution is 2.23. The summed E-state index contributed by atoms with van der Waals surface area (Å²) in [5.74, 6) is -0.0836. The molecule has 1 saturated heterocycles. The molecule has 0 unspecified atom stereocenters. The third-order valence-electron chi connectivity index (χ3n) is 5.32. The lowest BCUT2D eigenvalue weighted by Crippen LogP contribution is -2.47. The number of para-hydroxylation sites is 1. The Morgan fingerprint density at radius 1 is 1.30 bits per heavy atom. The maximum atomic E-state index is 12.9. The van der Waals surface area contributed by atoms with Crippen LogP contribution in [0.2, 0.25) is 0 Å². The van der Waals surface area contributed by atoms with Gasteiger partial charge in [-0.2, -0.15) is 5.10 Å². The van der Waals surface area contributed by atoms with Crippen LogP contribution in [0.15, 0.2) is 24.3 Å². The maximum Gasteiger partial charge on any atom is 0.272 e. The lowest BCUT2D eigenvalue weighted by Gasteiger charge is -2.36. The first-order valence-electron chi connectivity index (χ1n) is 9.92. The highest BCUT2D eigenvalue weighted by Gasteiger charge is 2.27. The van der Waals surface area contributed by atoms with Gasteiger partial charge in [-0.25, -0.2) is 0 Å². The number of likely N-dealkylation sites (tertiary alicyclic amines) is 1. The van der Waals surface area contributed by atoms with E-state index in [9.17, 15) is 9.90 Å². The molecule has 6 nitrogen and oxygen atoms in total. The summed E-state index contributed by atoms with van der Waals surface area (Å²) >= 11 is 0. The smallest absolute Gasteiger partial charge is 0.272 e. The monoisotopic (exact) mass is 372 g/mol. The van der Waals surface area contributed by atoms with Crippen molar-refractivity contribution in [3.8, 4) is 0 Å². The van der Waals surface area contributed by atoms with Gasteiger partial charge in [0.2, 0.25) is 0 Å². The molecule has 0 saturated carbocycles. The second-order valence-electron chi connectivity index (χ2n) is 8.75. The van der Waals surface area contributed by atoms with Crippen LogP contribution in [0, 0.1) is 5.41 Å². The third kappa shape index (κ3) is 4.50. The molecule has 1 aromatic heterocycles. The van der Waals surface area contributed by atoms with E-state index >= 15 is 0 Å². The fourth-order valence-corrected chi connectivity index (χ4v) is 3.79. The molecule has 2 heterocycles. The van der Waals surface area contributed by atoms with Crippen molar-refractivity contribution in [3.05, 3.63) is 30.0 Å². The van der Waals surface area contributed by atoms with Crippen LogP contribution in [0.5, 0.6) is 0 Å². The number of carbonyl (C=O) groups is 1. The minimum Gasteiger partial charge on any atom is -0.396 e. The molecule has 0 bridgehead atoms. The van der Waals surface area contributed by atoms with Crippen LogP contribution < -0.4 is 5.32 Å². The molecule has 2 aromatic rings. The minimum atomic E-state index is -0.0846. The first-order chi connectivity index (χ1) is 12.8. The van der Waals surface area contributed by atoms with Crippen molar-refractivity contribution >= 4 is 16.8 Å². The number of aliphatic hydroxyl groups excluding tert-OH is 1. The molecule has 3 rings (SSSR count). The Hall–Kier alpha value is -1.92. The summed E-state index contributed by atoms with van der Waals surface area (Å²) < 4.78 is 1.92. The van der Waals surface area contributed by atoms with E-state index in [1.165, 1.54) is 0 Å². The summed E-state index contributed by atoms with van der Waals surface area (Å²) in [6.45, 7) is 11.3. The van der Waals surface area contributed by atoms with Crippen molar-refractivity contribution in [3.63, 3.8) is 0 Å². The summed E-state index contributed by atoms with van der Waals surface area (Å²) in [5.41, 5.74) is 1.43. The molecule has 0 spiro atoms. The molecule has 1 amide bonds. The topological polar surface area (TPSA) is 70.4 Å². The number of nitrogens with zero attached hydrogens (tertiary/aromatic N) is 3. The summed E-state index contributed by atoms with van der Waals surface area (Å²) in [5, 5.41) is 18.1. The molecule has 6 heteroatoms. The lowest BCUT2D eigenvalue weighted by molar-refractivity contribution is 0.0789. The van der Waals surface area contributed by atoms with Gasteiger partial charge in [-0.3, -0.25) is 9.48 Å². The summed E-state index contributed by atoms with van der Waals surface area (Å²) in [6.07, 6.45) is 1.85. The zero-order valence-corrected chi connectivity index (χ0v) is 16.9. The number of aliphatic hydroxyl groups is 1. The molecule has 0 atom stereocenters. The average Bonchev–Trinajstić information content (AvgIpc) is 3.03. The number of amides is 1. The number of aromatic nitrogens is 2. The Labute approximate surface area is 161 Å². The normalized spacial score (nSPS) is 17.0. The van der Waals surface area contributed by atoms with Crippen molar-refractivity contribution in [2.75, 3.05) is 26.2 Å². The van der Waals surface area contributed by atoms with E-state index in [1.54, 1.807) is 0 Å². The van der Waals surface area contributed by atoms with Crippen molar-refractivity contribution in [2.45, 2.75) is 52.6 Å². The summed E-state index contributed by atoms with van der Waals surface area (Å²) in [6, 6.07) is 8.29. The Bertz CT molecular complexity index is 789. The Kier molecular flexibility index (Phi) is 5.86. The van der Waals surface area contributed by atoms with Gasteiger partial charge in [-0.1, -0.05) is 32.0 Å². The van der Waals surface area contributed by atoms with E-state index in [1.807, 2.05) is 28.9 Å². The van der Waals surface area contributed by atoms with Crippen LogP contribution in [0.4, 0.5) is 0 Å². The van der Waals surface area contributed by atoms with Gasteiger partial charge in [0.25, 0.3) is 5.91 Å². The van der Waals surface area contributed by atoms with Gasteiger partial charge in [-0.05, 0) is 32.8 Å². The molecule has 1 aliphatic rings. The zero-order chi connectivity index (χ0) is 19.6. The lowest BCUT2D eigenvalue weighted by atomic mass is 9.92. The first kappa shape index (κ1) is 19.8. The molecule has 27 heavy (non-hydrogen) atoms. The Morgan fingerprint density at radius 2 is 1.96 bits per heavy atom. The van der Waals surface area contributed by atoms with Gasteiger partial charge in [-0.15, -0.1) is 0 Å². The maximum absolute atomic E-state index is 12.9. The highest BCUT2D eigenvalue weighted by atomic mass is 16.3. The first-order valence-corrected chi connectivity index (χ1v) is 9.92. The average molecular weight is 373 g/mol. The number of carbonyl (C=O) groups excluding carboxylic acids is 1. The molecule has 0 radical (unpaired) electrons. The molecular formula is C21H32N4O2. The van der Waals surface area contributed by atoms with E-state index in [2.05, 4.69) is 43.0 Å². The van der Waals surface area contributed by atoms with Crippen LogP contribution in [-0.4, -0.2) is 58.0 Å². The van der Waals surface area contributed by atoms with Crippen molar-refractivity contribution in [1.29, 1.82) is 0 Å². The van der Waals surface area contributed by atoms with Crippen LogP contribution in [0.1, 0.15) is 57.1 Å². The second-order valence-corrected chi connectivity index (χ2v) is 8.75. The largest absolute Gasteiger partial charge is 0.396 e. The van der Waals surface area contributed by atoms with Gasteiger partial charge in [0.1, 0.15) is 0 Å². The molecule has 1 aromatic carbocycles. The molecule has 1 fully saturated rings. The number of hydrogen-bond donors (Lipinski definition) is 2. The fourth-order valence-electron chi connectivity index (χ4n) is 3.79. The zero-order valence-electron chi connectivity index (χ0n) is 16.9. The quantitative estimate of drug-likeness (QED) is 0.818. The standard InChI is InChI=1S/C21H32N4O2/c1-15(2)25-18-8-6-5-7-17(18)19(23-25)20(27)22-16-9-11-24(12-10-16)13-21(3,4)14-26/h5-8,15-16,26H,9-14H2,1-4H3,(H,22,27). The van der Waals surface area contributed by atoms with Gasteiger partial charge in [0.05, 0.1) is 5.52 Å². The predicted octanol–water partition coefficient (Wildman–Crippen LogP) is 2.83. The summed E-state index contributed by atoms with van der Waals surface area (Å²) in [4.78, 5) is 15.3. The van der Waals surface area contributed by atoms with Crippen LogP contribution in [-0.2, 0) is 0 Å². The SMILES string of the molecule is CC(C)n1nc(C(=O)NC2CCN(CC(C)(C)CO)CC2)c2ccccc21. The van der Waals surface area contributed by atoms with E-state index in [4.69, 9.17) is 0 Å². The van der Waals surface area contributed by atoms with Crippen LogP contribution in [0.3, 0.4) is 0 Å². The Balaban J connectivity index is 1.65. The van der Waals surface area contributed by atoms with Gasteiger partial charge < -0.3 is 15.3 Å². The van der Waals surface area contributed by atoms with E-state index in [0.29, 0.717) is 5.69 Å². The third-order valence-corrected chi connectivity index (χ3v) is 5.32. The summed E-state index contributed by atoms with van der Waals surface area (Å²) in [7, 11) is 0. The molecule has 0 aliphatic carbocycles. The van der Waals surface area contributed by atoms with Gasteiger partial charge in [0, 0.05) is 49.1 Å². The van der Waals surface area contributed by atoms with Crippen molar-refractivity contribution < 1.29 is 9.90 Å². The number of piperidine rings is 1. The number of hydrogen-bond acceptors (Lipinski definition) is 4. The Morgan fingerprint density at radius 3 is 2.59 bits per heavy atom. The highest BCUT2D eigenvalue weighted by molar-refractivity contribution is 6.05. The van der Waals surface area contributed by atoms with E-state index in [0.717, 1.165) is 43.4 Å². The minimum absolute atomic E-state index is 0.0836. The number of rotatable bonds is 6. The predicted molar refractivity (Wildman–Crippen MR) is 108 cm³/mol. The number of nitrogens with one attached hydrogen (secondary N) is 1. The van der Waals surface area contributed by atoms with E-state index in [-0.39, 0.29) is 30.0 Å². The van der Waals surface area contributed by atoms with Crippen LogP contribution >= 0.6 is 0 Å². The van der Waals surface area contributed by atoms with E-state index < -0.39 is 0 Å². The van der Waals surface area contributed by atoms with Gasteiger partial charge in [0.15, 0.2) is 5.69 Å².